The summed E-state index contributed by atoms with van der Waals surface area (Å²) in [5, 5.41) is 1.96. The van der Waals surface area contributed by atoms with Crippen LogP contribution in [0, 0.1) is 0 Å². The minimum atomic E-state index is 0.0806. The Morgan fingerprint density at radius 1 is 1.24 bits per heavy atom. The van der Waals surface area contributed by atoms with Gasteiger partial charge in [-0.15, -0.1) is 11.3 Å². The Balaban J connectivity index is 1.85. The van der Waals surface area contributed by atoms with Gasteiger partial charge in [0.1, 0.15) is 12.4 Å². The van der Waals surface area contributed by atoms with Crippen molar-refractivity contribution < 1.29 is 9.53 Å². The fourth-order valence-electron chi connectivity index (χ4n) is 1.36. The van der Waals surface area contributed by atoms with Gasteiger partial charge in [-0.1, -0.05) is 18.2 Å². The zero-order valence-corrected chi connectivity index (χ0v) is 11.5. The number of carbonyl (C=O) groups is 1. The van der Waals surface area contributed by atoms with E-state index < -0.39 is 0 Å². The highest BCUT2D eigenvalue weighted by Crippen LogP contribution is 2.23. The summed E-state index contributed by atoms with van der Waals surface area (Å²) in [6, 6.07) is 11.3. The summed E-state index contributed by atoms with van der Waals surface area (Å²) in [7, 11) is 0. The molecule has 0 fully saturated rings. The summed E-state index contributed by atoms with van der Waals surface area (Å²) < 4.78 is 6.39. The van der Waals surface area contributed by atoms with Gasteiger partial charge in [-0.25, -0.2) is 0 Å². The maximum Gasteiger partial charge on any atom is 0.175 e. The number of ether oxygens (including phenoxy) is 1. The predicted octanol–water partition coefficient (Wildman–Crippen LogP) is 3.70. The molecule has 88 valence electrons. The molecular weight excluding hydrogens is 300 g/mol. The van der Waals surface area contributed by atoms with Gasteiger partial charge in [0.05, 0.1) is 0 Å². The molecule has 0 unspecified atom stereocenters. The van der Waals surface area contributed by atoms with Crippen LogP contribution in [0.5, 0.6) is 5.75 Å². The van der Waals surface area contributed by atoms with Crippen LogP contribution in [-0.4, -0.2) is 12.4 Å². The smallest absolute Gasteiger partial charge is 0.175 e. The highest BCUT2D eigenvalue weighted by molar-refractivity contribution is 9.10. The monoisotopic (exact) mass is 310 g/mol. The summed E-state index contributed by atoms with van der Waals surface area (Å²) in [6.45, 7) is 0.119. The molecule has 0 saturated carbocycles. The van der Waals surface area contributed by atoms with E-state index in [9.17, 15) is 4.79 Å². The molecule has 17 heavy (non-hydrogen) atoms. The summed E-state index contributed by atoms with van der Waals surface area (Å²) in [4.78, 5) is 12.7. The first-order valence-corrected chi connectivity index (χ1v) is 6.84. The second-order valence-electron chi connectivity index (χ2n) is 3.51. The van der Waals surface area contributed by atoms with Crippen LogP contribution in [0.2, 0.25) is 0 Å². The Labute approximate surface area is 112 Å². The molecule has 2 nitrogen and oxygen atoms in total. The number of ketones is 1. The summed E-state index contributed by atoms with van der Waals surface area (Å²) in [6.07, 6.45) is 0.422. The molecule has 0 radical (unpaired) electrons. The first-order valence-electron chi connectivity index (χ1n) is 5.17. The van der Waals surface area contributed by atoms with Crippen molar-refractivity contribution in [2.24, 2.45) is 0 Å². The van der Waals surface area contributed by atoms with Crippen LogP contribution in [0.3, 0.4) is 0 Å². The standard InChI is InChI=1S/C13H11BrO2S/c14-12-6-7-17-13(12)8-10(15)9-16-11-4-2-1-3-5-11/h1-7H,8-9H2. The van der Waals surface area contributed by atoms with Crippen molar-refractivity contribution in [3.63, 3.8) is 0 Å². The summed E-state index contributed by atoms with van der Waals surface area (Å²) in [5.41, 5.74) is 0. The van der Waals surface area contributed by atoms with E-state index in [1.165, 1.54) is 0 Å². The molecule has 1 aromatic heterocycles. The molecule has 0 aliphatic carbocycles. The molecule has 4 heteroatoms. The molecule has 0 amide bonds. The van der Waals surface area contributed by atoms with Crippen molar-refractivity contribution in [2.45, 2.75) is 6.42 Å². The molecule has 2 rings (SSSR count). The largest absolute Gasteiger partial charge is 0.486 e. The van der Waals surface area contributed by atoms with Gasteiger partial charge in [0.15, 0.2) is 5.78 Å². The Kier molecular flexibility index (Phi) is 4.34. The van der Waals surface area contributed by atoms with Crippen molar-refractivity contribution in [1.82, 2.24) is 0 Å². The Morgan fingerprint density at radius 2 is 2.00 bits per heavy atom. The topological polar surface area (TPSA) is 26.3 Å². The van der Waals surface area contributed by atoms with E-state index in [1.54, 1.807) is 11.3 Å². The van der Waals surface area contributed by atoms with Crippen LogP contribution in [-0.2, 0) is 11.2 Å². The number of rotatable bonds is 5. The molecule has 0 spiro atoms. The molecule has 1 aromatic carbocycles. The van der Waals surface area contributed by atoms with Gasteiger partial charge in [-0.3, -0.25) is 4.79 Å². The predicted molar refractivity (Wildman–Crippen MR) is 72.7 cm³/mol. The molecule has 2 aromatic rings. The normalized spacial score (nSPS) is 10.2. The first-order chi connectivity index (χ1) is 8.25. The van der Waals surface area contributed by atoms with Gasteiger partial charge >= 0.3 is 0 Å². The van der Waals surface area contributed by atoms with E-state index in [4.69, 9.17) is 4.74 Å². The molecule has 0 bridgehead atoms. The lowest BCUT2D eigenvalue weighted by Gasteiger charge is -2.04. The van der Waals surface area contributed by atoms with E-state index >= 15 is 0 Å². The van der Waals surface area contributed by atoms with Crippen LogP contribution in [0.25, 0.3) is 0 Å². The lowest BCUT2D eigenvalue weighted by atomic mass is 10.2. The maximum absolute atomic E-state index is 11.7. The Hall–Kier alpha value is -1.13. The minimum Gasteiger partial charge on any atom is -0.486 e. The van der Waals surface area contributed by atoms with Crippen molar-refractivity contribution in [3.05, 3.63) is 51.1 Å². The Bertz CT molecular complexity index is 493. The van der Waals surface area contributed by atoms with Gasteiger partial charge in [0, 0.05) is 15.8 Å². The average molecular weight is 311 g/mol. The molecule has 1 heterocycles. The van der Waals surface area contributed by atoms with Crippen LogP contribution in [0.15, 0.2) is 46.3 Å². The second-order valence-corrected chi connectivity index (χ2v) is 5.36. The minimum absolute atomic E-state index is 0.0806. The Morgan fingerprint density at radius 3 is 2.65 bits per heavy atom. The van der Waals surface area contributed by atoms with E-state index in [0.717, 1.165) is 15.1 Å². The number of para-hydroxylation sites is 1. The van der Waals surface area contributed by atoms with Gasteiger partial charge < -0.3 is 4.74 Å². The number of carbonyl (C=O) groups excluding carboxylic acids is 1. The fraction of sp³-hybridized carbons (Fsp3) is 0.154. The number of thiophene rings is 1. The maximum atomic E-state index is 11.7. The highest BCUT2D eigenvalue weighted by atomic mass is 79.9. The van der Waals surface area contributed by atoms with Gasteiger partial charge in [0.2, 0.25) is 0 Å². The van der Waals surface area contributed by atoms with Crippen LogP contribution < -0.4 is 4.74 Å². The number of halogens is 1. The molecule has 0 aliphatic rings. The SMILES string of the molecule is O=C(COc1ccccc1)Cc1sccc1Br. The molecule has 0 N–H and O–H groups in total. The quantitative estimate of drug-likeness (QED) is 0.841. The van der Waals surface area contributed by atoms with Crippen molar-refractivity contribution in [3.8, 4) is 5.75 Å². The molecule has 0 saturated heterocycles. The third-order valence-corrected chi connectivity index (χ3v) is 4.12. The number of hydrogen-bond donors (Lipinski definition) is 0. The van der Waals surface area contributed by atoms with Gasteiger partial charge in [-0.2, -0.15) is 0 Å². The lowest BCUT2D eigenvalue weighted by Crippen LogP contribution is -2.13. The second kappa shape index (κ2) is 5.98. The number of hydrogen-bond acceptors (Lipinski definition) is 3. The number of benzene rings is 1. The lowest BCUT2D eigenvalue weighted by molar-refractivity contribution is -0.120. The van der Waals surface area contributed by atoms with Gasteiger partial charge in [-0.05, 0) is 39.5 Å². The van der Waals surface area contributed by atoms with E-state index in [1.807, 2.05) is 41.8 Å². The first kappa shape index (κ1) is 12.3. The zero-order valence-electron chi connectivity index (χ0n) is 9.06. The van der Waals surface area contributed by atoms with E-state index in [2.05, 4.69) is 15.9 Å². The van der Waals surface area contributed by atoms with Crippen molar-refractivity contribution in [2.75, 3.05) is 6.61 Å². The van der Waals surface area contributed by atoms with Crippen molar-refractivity contribution >= 4 is 33.0 Å². The molecular formula is C13H11BrO2S. The molecule has 0 atom stereocenters. The number of Topliss-reactive ketones (excluding diaryl/α,β-unsaturated/α-hetero) is 1. The molecule has 0 aliphatic heterocycles. The summed E-state index contributed by atoms with van der Waals surface area (Å²) >= 11 is 4.98. The zero-order chi connectivity index (χ0) is 12.1. The van der Waals surface area contributed by atoms with Crippen LogP contribution in [0.1, 0.15) is 4.88 Å². The highest BCUT2D eigenvalue weighted by Gasteiger charge is 2.08. The third-order valence-electron chi connectivity index (χ3n) is 2.19. The third kappa shape index (κ3) is 3.68. The van der Waals surface area contributed by atoms with E-state index in [-0.39, 0.29) is 12.4 Å². The average Bonchev–Trinajstić information content (AvgIpc) is 2.74. The van der Waals surface area contributed by atoms with Crippen molar-refractivity contribution in [1.29, 1.82) is 0 Å². The van der Waals surface area contributed by atoms with E-state index in [0.29, 0.717) is 6.42 Å². The van der Waals surface area contributed by atoms with Gasteiger partial charge in [0.25, 0.3) is 0 Å². The van der Waals surface area contributed by atoms with Crippen LogP contribution in [0.4, 0.5) is 0 Å². The summed E-state index contributed by atoms with van der Waals surface area (Å²) in [5.74, 6) is 0.808. The fourth-order valence-corrected chi connectivity index (χ4v) is 2.88. The van der Waals surface area contributed by atoms with Crippen LogP contribution >= 0.6 is 27.3 Å².